The lowest BCUT2D eigenvalue weighted by atomic mass is 9.81. The molecule has 2 aliphatic rings. The van der Waals surface area contributed by atoms with E-state index in [1.165, 1.54) is 136 Å². The van der Waals surface area contributed by atoms with Crippen LogP contribution in [0.5, 0.6) is 0 Å². The van der Waals surface area contributed by atoms with Crippen LogP contribution in [0.3, 0.4) is 0 Å². The van der Waals surface area contributed by atoms with E-state index in [2.05, 4.69) is 256 Å². The maximum Gasteiger partial charge on any atom is 0.0159 e. The number of benzene rings is 7. The molecule has 9 rings (SSSR count). The first-order valence-corrected chi connectivity index (χ1v) is 25.1. The molecule has 0 nitrogen and oxygen atoms in total. The third kappa shape index (κ3) is 10.8. The van der Waals surface area contributed by atoms with Crippen LogP contribution in [0.25, 0.3) is 50.1 Å². The van der Waals surface area contributed by atoms with Crippen LogP contribution < -0.4 is 0 Å². The summed E-state index contributed by atoms with van der Waals surface area (Å²) in [6, 6.07) is 51.5. The van der Waals surface area contributed by atoms with Crippen LogP contribution >= 0.6 is 0 Å². The Morgan fingerprint density at radius 2 is 1.07 bits per heavy atom. The molecule has 7 aromatic rings. The zero-order chi connectivity index (χ0) is 48.6. The predicted molar refractivity (Wildman–Crippen MR) is 297 cm³/mol. The fraction of sp³-hybridized carbons (Fsp3) is 0.313. The first-order chi connectivity index (χ1) is 32.0. The summed E-state index contributed by atoms with van der Waals surface area (Å²) < 4.78 is 0. The monoisotopic (exact) mass is 883 g/mol. The van der Waals surface area contributed by atoms with E-state index in [1.54, 1.807) is 0 Å². The molecule has 0 saturated carbocycles. The van der Waals surface area contributed by atoms with Crippen molar-refractivity contribution in [3.8, 4) is 44.5 Å². The van der Waals surface area contributed by atoms with Gasteiger partial charge in [0.15, 0.2) is 0 Å². The molecule has 0 spiro atoms. The van der Waals surface area contributed by atoms with Gasteiger partial charge in [-0.2, -0.15) is 0 Å². The number of hydrogen-bond acceptors (Lipinski definition) is 0. The summed E-state index contributed by atoms with van der Waals surface area (Å²) in [4.78, 5) is 0. The predicted octanol–water partition coefficient (Wildman–Crippen LogP) is 19.6. The van der Waals surface area contributed by atoms with E-state index in [-0.39, 0.29) is 10.8 Å². The van der Waals surface area contributed by atoms with Gasteiger partial charge in [-0.15, -0.1) is 0 Å². The molecule has 0 aromatic heterocycles. The van der Waals surface area contributed by atoms with E-state index in [4.69, 9.17) is 0 Å². The van der Waals surface area contributed by atoms with E-state index >= 15 is 0 Å². The summed E-state index contributed by atoms with van der Waals surface area (Å²) in [5.74, 6) is 0. The van der Waals surface area contributed by atoms with Crippen molar-refractivity contribution in [2.24, 2.45) is 0 Å². The Balaban J connectivity index is 0.000000162. The number of allylic oxidation sites excluding steroid dienone is 4. The lowest BCUT2D eigenvalue weighted by molar-refractivity contribution is 0.656. The quantitative estimate of drug-likeness (QED) is 0.156. The molecule has 0 atom stereocenters. The van der Waals surface area contributed by atoms with Crippen molar-refractivity contribution in [2.75, 3.05) is 0 Å². The summed E-state index contributed by atoms with van der Waals surface area (Å²) in [6.45, 7) is 33.4. The van der Waals surface area contributed by atoms with Gasteiger partial charge in [-0.3, -0.25) is 0 Å². The molecule has 67 heavy (non-hydrogen) atoms. The van der Waals surface area contributed by atoms with Crippen molar-refractivity contribution in [1.82, 2.24) is 0 Å². The zero-order valence-electron chi connectivity index (χ0n) is 43.8. The molecular formula is C67H78. The summed E-state index contributed by atoms with van der Waals surface area (Å²) in [7, 11) is 0. The van der Waals surface area contributed by atoms with Crippen LogP contribution in [0.1, 0.15) is 143 Å². The van der Waals surface area contributed by atoms with Crippen LogP contribution in [0, 0.1) is 41.5 Å². The maximum absolute atomic E-state index is 2.43. The van der Waals surface area contributed by atoms with E-state index < -0.39 is 0 Å². The van der Waals surface area contributed by atoms with Crippen LogP contribution in [0.15, 0.2) is 157 Å². The van der Waals surface area contributed by atoms with Gasteiger partial charge in [0.2, 0.25) is 0 Å². The number of rotatable bonds is 6. The molecule has 2 aliphatic carbocycles. The minimum absolute atomic E-state index is 0.0760. The lowest BCUT2D eigenvalue weighted by Gasteiger charge is -2.22. The topological polar surface area (TPSA) is 0 Å². The van der Waals surface area contributed by atoms with E-state index in [1.807, 2.05) is 0 Å². The Labute approximate surface area is 407 Å². The molecule has 0 heterocycles. The van der Waals surface area contributed by atoms with Gasteiger partial charge >= 0.3 is 0 Å². The highest BCUT2D eigenvalue weighted by molar-refractivity contribution is 5.90. The molecule has 0 radical (unpaired) electrons. The number of aryl methyl sites for hydroxylation is 7. The first-order valence-electron chi connectivity index (χ1n) is 25.1. The largest absolute Gasteiger partial charge is 0.0801 e. The Morgan fingerprint density at radius 3 is 1.73 bits per heavy atom. The molecule has 7 aromatic carbocycles. The van der Waals surface area contributed by atoms with Crippen molar-refractivity contribution in [1.29, 1.82) is 0 Å². The van der Waals surface area contributed by atoms with Gasteiger partial charge in [0.25, 0.3) is 0 Å². The number of hydrogen-bond donors (Lipinski definition) is 0. The Kier molecular flexibility index (Phi) is 16.4. The molecule has 0 fully saturated rings. The van der Waals surface area contributed by atoms with E-state index in [0.717, 1.165) is 6.42 Å². The Morgan fingerprint density at radius 1 is 0.433 bits per heavy atom. The number of fused-ring (bicyclic) bond motifs is 4. The molecular weight excluding hydrogens is 805 g/mol. The highest BCUT2D eigenvalue weighted by Gasteiger charge is 2.38. The van der Waals surface area contributed by atoms with E-state index in [9.17, 15) is 0 Å². The lowest BCUT2D eigenvalue weighted by Crippen LogP contribution is -2.15. The molecule has 0 aliphatic heterocycles. The molecule has 0 saturated heterocycles. The first kappa shape index (κ1) is 50.4. The normalized spacial score (nSPS) is 14.7. The molecule has 0 amide bonds. The summed E-state index contributed by atoms with van der Waals surface area (Å²) >= 11 is 0. The molecule has 0 N–H and O–H groups in total. The molecule has 346 valence electrons. The second-order valence-corrected chi connectivity index (χ2v) is 20.1. The summed E-state index contributed by atoms with van der Waals surface area (Å²) in [5.41, 5.74) is 29.2. The van der Waals surface area contributed by atoms with Crippen molar-refractivity contribution in [3.63, 3.8) is 0 Å². The highest BCUT2D eigenvalue weighted by atomic mass is 14.4. The van der Waals surface area contributed by atoms with Gasteiger partial charge in [0.05, 0.1) is 0 Å². The van der Waals surface area contributed by atoms with E-state index in [0.29, 0.717) is 0 Å². The second-order valence-electron chi connectivity index (χ2n) is 20.1. The van der Waals surface area contributed by atoms with Crippen molar-refractivity contribution >= 4 is 5.57 Å². The minimum Gasteiger partial charge on any atom is -0.0801 e. The van der Waals surface area contributed by atoms with Crippen LogP contribution in [0.2, 0.25) is 0 Å². The zero-order valence-corrected chi connectivity index (χ0v) is 43.8. The van der Waals surface area contributed by atoms with Gasteiger partial charge in [0.1, 0.15) is 0 Å². The van der Waals surface area contributed by atoms with Crippen molar-refractivity contribution in [3.05, 3.63) is 218 Å². The summed E-state index contributed by atoms with van der Waals surface area (Å²) in [5, 5.41) is 0. The van der Waals surface area contributed by atoms with Crippen molar-refractivity contribution in [2.45, 2.75) is 140 Å². The third-order valence-corrected chi connectivity index (χ3v) is 13.8. The van der Waals surface area contributed by atoms with Gasteiger partial charge in [-0.1, -0.05) is 231 Å². The Bertz CT molecular complexity index is 2890. The molecule has 0 bridgehead atoms. The smallest absolute Gasteiger partial charge is 0.0159 e. The average Bonchev–Trinajstić information content (AvgIpc) is 3.65. The maximum atomic E-state index is 2.43. The molecule has 0 heteroatoms. The Hall–Kier alpha value is -5.98. The minimum atomic E-state index is 0.0760. The van der Waals surface area contributed by atoms with Gasteiger partial charge in [0, 0.05) is 10.8 Å². The fourth-order valence-corrected chi connectivity index (χ4v) is 10.4. The van der Waals surface area contributed by atoms with Gasteiger partial charge in [-0.25, -0.2) is 0 Å². The highest BCUT2D eigenvalue weighted by Crippen LogP contribution is 2.52. The standard InChI is InChI=1S/C24H24.C21H20.C19H26.C3H8/c1-15-7-6-8-18(12-15)19-9-10-21-20(14-19)23-17(3)11-16(2)13-22(23)24(21,4)5;1-15-11-13-18(14-12-15)20-10-6-8-17(3)21(20)19-9-5-4-7-16(19)2;1-6-9-14-11-12-16-15(8-3)17(10-7-2)19(4,5)18(16)13-14;1-3-2/h6-14H,1-5H3;4-14H,1-3H3;8,10-13H,6-7,9H2,1-5H3;3H2,1-2H3/b;;15-8-,17-10+;. The second kappa shape index (κ2) is 21.8. The third-order valence-electron chi connectivity index (χ3n) is 13.8. The fourth-order valence-electron chi connectivity index (χ4n) is 10.4. The van der Waals surface area contributed by atoms with Crippen LogP contribution in [-0.4, -0.2) is 0 Å². The van der Waals surface area contributed by atoms with Gasteiger partial charge < -0.3 is 0 Å². The summed E-state index contributed by atoms with van der Waals surface area (Å²) in [6.07, 6.45) is 9.42. The molecule has 0 unspecified atom stereocenters. The van der Waals surface area contributed by atoms with Crippen LogP contribution in [0.4, 0.5) is 0 Å². The van der Waals surface area contributed by atoms with Crippen molar-refractivity contribution < 1.29 is 0 Å². The average molecular weight is 883 g/mol. The van der Waals surface area contributed by atoms with Crippen LogP contribution in [-0.2, 0) is 17.3 Å². The SMILES string of the molecule is C/C=C1\C(=C/CC)C(C)(C)c2cc(CCC)ccc21.CCC.Cc1ccc(-c2cccc(C)c2-c2ccccc2C)cc1.Cc1cccc(-c2ccc3c(c2)-c2c(C)cc(C)cc2C3(C)C)c1. The van der Waals surface area contributed by atoms with Gasteiger partial charge in [-0.05, 0) is 168 Å².